The number of benzene rings is 9. The molecule has 0 aromatic heterocycles. The molecule has 0 radical (unpaired) electrons. The number of fused-ring (bicyclic) bond motifs is 3. The van der Waals surface area contributed by atoms with Crippen LogP contribution >= 0.6 is 0 Å². The minimum atomic E-state index is -3.58. The van der Waals surface area contributed by atoms with Crippen LogP contribution in [0.3, 0.4) is 0 Å². The van der Waals surface area contributed by atoms with Gasteiger partial charge in [-0.05, 0) is 6.42 Å². The summed E-state index contributed by atoms with van der Waals surface area (Å²) >= 11 is -3.58. The van der Waals surface area contributed by atoms with Crippen molar-refractivity contribution in [1.29, 1.82) is 0 Å². The van der Waals surface area contributed by atoms with Crippen LogP contribution < -0.4 is 17.6 Å². The summed E-state index contributed by atoms with van der Waals surface area (Å²) in [5.41, 5.74) is 8.12. The molecule has 0 spiro atoms. The zero-order chi connectivity index (χ0) is 43.7. The molecule has 0 saturated heterocycles. The van der Waals surface area contributed by atoms with Crippen molar-refractivity contribution in [2.75, 3.05) is 0 Å². The molecule has 286 valence electrons. The van der Waals surface area contributed by atoms with Crippen molar-refractivity contribution in [3.05, 3.63) is 217 Å². The predicted molar refractivity (Wildman–Crippen MR) is 257 cm³/mol. The second kappa shape index (κ2) is 14.7. The topological polar surface area (TPSA) is 0 Å². The maximum atomic E-state index is 9.86. The summed E-state index contributed by atoms with van der Waals surface area (Å²) in [7, 11) is 0. The Hall–Kier alpha value is -5.96. The SMILES string of the molecule is [2H]c1c([2H])c([2H])c2c(-c3c(-c4ccccc4)ccc4c3C(C)(C)CCC4(C)C)c3ccccc3c(-c3cc[c]([Ge]([c]4ccccc4)([c]4ccccc4)[c]4ccccc4)cc3)c2c1[2H]. The van der Waals surface area contributed by atoms with E-state index in [2.05, 4.69) is 204 Å². The van der Waals surface area contributed by atoms with E-state index in [1.165, 1.54) is 28.7 Å². The van der Waals surface area contributed by atoms with Gasteiger partial charge in [-0.1, -0.05) is 32.0 Å². The fourth-order valence-electron chi connectivity index (χ4n) is 10.3. The van der Waals surface area contributed by atoms with Crippen LogP contribution in [0.2, 0.25) is 0 Å². The first kappa shape index (κ1) is 32.9. The van der Waals surface area contributed by atoms with Crippen molar-refractivity contribution in [2.24, 2.45) is 0 Å². The van der Waals surface area contributed by atoms with Gasteiger partial charge in [0.15, 0.2) is 0 Å². The second-order valence-electron chi connectivity index (χ2n) is 17.5. The quantitative estimate of drug-likeness (QED) is 0.111. The van der Waals surface area contributed by atoms with Crippen LogP contribution in [0, 0.1) is 0 Å². The zero-order valence-corrected chi connectivity index (χ0v) is 36.3. The van der Waals surface area contributed by atoms with Crippen LogP contribution in [0.4, 0.5) is 0 Å². The van der Waals surface area contributed by atoms with Gasteiger partial charge in [-0.2, -0.15) is 0 Å². The van der Waals surface area contributed by atoms with Crippen LogP contribution in [-0.4, -0.2) is 13.3 Å². The molecule has 0 unspecified atom stereocenters. The Morgan fingerprint density at radius 1 is 0.390 bits per heavy atom. The van der Waals surface area contributed by atoms with Gasteiger partial charge in [0.25, 0.3) is 0 Å². The van der Waals surface area contributed by atoms with Crippen LogP contribution in [-0.2, 0) is 10.8 Å². The van der Waals surface area contributed by atoms with Gasteiger partial charge < -0.3 is 0 Å². The molecule has 0 fully saturated rings. The molecule has 10 rings (SSSR count). The standard InChI is InChI=1S/C58H50Ge/c1-57(2)39-40-58(3,4)56-52(57)38-37-47(41-21-9-5-10-22-41)55(56)54-50-31-19-17-29-48(50)53(49-30-18-20-32-51(49)54)42-33-35-46(36-34-42)59(43-23-11-6-12-24-43,44-25-13-7-14-26-44)45-27-15-8-16-28-45/h5-38H,39-40H2,1-4H3/i17D,19D,29D,31D. The van der Waals surface area contributed by atoms with Gasteiger partial charge in [0.2, 0.25) is 0 Å². The third-order valence-electron chi connectivity index (χ3n) is 13.2. The molecule has 0 amide bonds. The first-order chi connectivity index (χ1) is 30.4. The molecule has 0 nitrogen and oxygen atoms in total. The molecular weight excluding hydrogens is 769 g/mol. The molecule has 0 saturated carbocycles. The van der Waals surface area contributed by atoms with Gasteiger partial charge >= 0.3 is 321 Å². The third-order valence-corrected chi connectivity index (χ3v) is 23.3. The van der Waals surface area contributed by atoms with Crippen LogP contribution in [0.25, 0.3) is 54.9 Å². The Balaban J connectivity index is 1.33. The molecule has 1 aliphatic rings. The predicted octanol–water partition coefficient (Wildman–Crippen LogP) is 12.7. The second-order valence-corrected chi connectivity index (χ2v) is 25.5. The van der Waals surface area contributed by atoms with Gasteiger partial charge in [-0.25, -0.2) is 0 Å². The minimum absolute atomic E-state index is 0.0136. The Labute approximate surface area is 358 Å². The van der Waals surface area contributed by atoms with E-state index in [-0.39, 0.29) is 35.0 Å². The van der Waals surface area contributed by atoms with E-state index in [4.69, 9.17) is 1.37 Å². The molecule has 0 heterocycles. The number of hydrogen-bond donors (Lipinski definition) is 0. The van der Waals surface area contributed by atoms with Crippen molar-refractivity contribution < 1.29 is 5.48 Å². The Kier molecular flexibility index (Phi) is 8.21. The summed E-state index contributed by atoms with van der Waals surface area (Å²) < 4.78 is 43.3. The van der Waals surface area contributed by atoms with E-state index in [1.54, 1.807) is 0 Å². The molecule has 9 aromatic carbocycles. The van der Waals surface area contributed by atoms with E-state index in [0.717, 1.165) is 57.0 Å². The van der Waals surface area contributed by atoms with E-state index in [0.29, 0.717) is 10.8 Å². The summed E-state index contributed by atoms with van der Waals surface area (Å²) in [4.78, 5) is 0. The molecule has 9 aromatic rings. The molecule has 1 aliphatic carbocycles. The van der Waals surface area contributed by atoms with Crippen molar-refractivity contribution in [3.8, 4) is 33.4 Å². The monoisotopic (exact) mass is 824 g/mol. The van der Waals surface area contributed by atoms with E-state index in [9.17, 15) is 4.11 Å². The number of hydrogen-bond acceptors (Lipinski definition) is 0. The van der Waals surface area contributed by atoms with Crippen LogP contribution in [0.5, 0.6) is 0 Å². The van der Waals surface area contributed by atoms with Gasteiger partial charge in [-0.15, -0.1) is 0 Å². The first-order valence-electron chi connectivity index (χ1n) is 22.9. The van der Waals surface area contributed by atoms with E-state index < -0.39 is 13.3 Å². The average Bonchev–Trinajstić information content (AvgIpc) is 3.32. The van der Waals surface area contributed by atoms with Crippen molar-refractivity contribution >= 4 is 52.4 Å². The Bertz CT molecular complexity index is 3080. The van der Waals surface area contributed by atoms with Gasteiger partial charge in [0.1, 0.15) is 0 Å². The van der Waals surface area contributed by atoms with Crippen LogP contribution in [0.15, 0.2) is 206 Å². The van der Waals surface area contributed by atoms with Gasteiger partial charge in [0, 0.05) is 0 Å². The van der Waals surface area contributed by atoms with Crippen LogP contribution in [0.1, 0.15) is 57.1 Å². The first-order valence-corrected chi connectivity index (χ1v) is 25.1. The van der Waals surface area contributed by atoms with Crippen molar-refractivity contribution in [3.63, 3.8) is 0 Å². The summed E-state index contributed by atoms with van der Waals surface area (Å²) in [6, 6.07) is 65.0. The van der Waals surface area contributed by atoms with E-state index in [1.807, 2.05) is 6.07 Å². The molecule has 0 atom stereocenters. The molecule has 59 heavy (non-hydrogen) atoms. The van der Waals surface area contributed by atoms with E-state index >= 15 is 0 Å². The number of rotatable bonds is 7. The third kappa shape index (κ3) is 6.11. The Morgan fingerprint density at radius 2 is 0.831 bits per heavy atom. The summed E-state index contributed by atoms with van der Waals surface area (Å²) in [6.45, 7) is 9.38. The fourth-order valence-corrected chi connectivity index (χ4v) is 20.2. The normalized spacial score (nSPS) is 15.5. The Morgan fingerprint density at radius 3 is 1.37 bits per heavy atom. The molecule has 1 heteroatoms. The molecular formula is C58H50Ge. The maximum absolute atomic E-state index is 9.86. The zero-order valence-electron chi connectivity index (χ0n) is 38.2. The van der Waals surface area contributed by atoms with Gasteiger partial charge in [-0.3, -0.25) is 0 Å². The molecule has 0 aliphatic heterocycles. The molecule has 0 bridgehead atoms. The summed E-state index contributed by atoms with van der Waals surface area (Å²) in [5, 5.41) is 3.05. The van der Waals surface area contributed by atoms with Gasteiger partial charge in [0.05, 0.1) is 0 Å². The van der Waals surface area contributed by atoms with Crippen molar-refractivity contribution in [1.82, 2.24) is 0 Å². The summed E-state index contributed by atoms with van der Waals surface area (Å²) in [5.74, 6) is 0. The molecule has 0 N–H and O–H groups in total. The summed E-state index contributed by atoms with van der Waals surface area (Å²) in [6.07, 6.45) is 2.05. The van der Waals surface area contributed by atoms with Crippen molar-refractivity contribution in [2.45, 2.75) is 51.4 Å². The average molecular weight is 824 g/mol. The fraction of sp³-hybridized carbons (Fsp3) is 0.138.